The van der Waals surface area contributed by atoms with Crippen LogP contribution in [0, 0.1) is 5.92 Å². The Morgan fingerprint density at radius 1 is 1.19 bits per heavy atom. The largest absolute Gasteiger partial charge is 0.504 e. The first-order valence-corrected chi connectivity index (χ1v) is 15.7. The number of carbonyl (C=O) groups is 1. The minimum Gasteiger partial charge on any atom is -0.504 e. The minimum atomic E-state index is -4.47. The molecule has 0 aromatic heterocycles. The highest BCUT2D eigenvalue weighted by Crippen LogP contribution is 2.66. The molecule has 1 amide bonds. The zero-order valence-corrected chi connectivity index (χ0v) is 24.4. The number of phenolic OH excluding ortho intramolecular Hbond substituents is 1. The summed E-state index contributed by atoms with van der Waals surface area (Å²) < 4.78 is 46.5. The summed E-state index contributed by atoms with van der Waals surface area (Å²) in [4.78, 5) is 18.1. The summed E-state index contributed by atoms with van der Waals surface area (Å²) in [6.07, 6.45) is 4.29. The van der Waals surface area contributed by atoms with Crippen LogP contribution in [0.15, 0.2) is 42.5 Å². The number of aliphatic hydroxyl groups is 1. The van der Waals surface area contributed by atoms with E-state index in [0.717, 1.165) is 49.2 Å². The molecule has 0 radical (unpaired) electrons. The number of hydrogen-bond donors (Lipinski definition) is 2. The molecule has 2 N–H and O–H groups in total. The van der Waals surface area contributed by atoms with Crippen molar-refractivity contribution in [2.75, 3.05) is 19.6 Å². The molecule has 2 heterocycles. The zero-order valence-electron chi connectivity index (χ0n) is 24.4. The molecule has 2 aromatic rings. The second-order valence-corrected chi connectivity index (χ2v) is 13.2. The molecule has 5 aliphatic rings. The van der Waals surface area contributed by atoms with Crippen LogP contribution in [0.1, 0.15) is 74.1 Å². The normalized spacial score (nSPS) is 31.1. The number of benzene rings is 2. The molecule has 3 aliphatic carbocycles. The number of hydrogen-bond acceptors (Lipinski definition) is 5. The summed E-state index contributed by atoms with van der Waals surface area (Å²) in [6, 6.07) is 8.17. The van der Waals surface area contributed by atoms with Crippen molar-refractivity contribution >= 4 is 12.0 Å². The third-order valence-corrected chi connectivity index (χ3v) is 10.8. The van der Waals surface area contributed by atoms with Crippen LogP contribution in [0.5, 0.6) is 11.5 Å². The molecule has 5 atom stereocenters. The predicted molar refractivity (Wildman–Crippen MR) is 156 cm³/mol. The van der Waals surface area contributed by atoms with Crippen molar-refractivity contribution in [3.05, 3.63) is 64.7 Å². The van der Waals surface area contributed by atoms with Crippen molar-refractivity contribution in [3.8, 4) is 11.5 Å². The average Bonchev–Trinajstić information content (AvgIpc) is 3.72. The summed E-state index contributed by atoms with van der Waals surface area (Å²) in [5.41, 5.74) is -0.259. The van der Waals surface area contributed by atoms with E-state index in [1.807, 2.05) is 13.0 Å². The number of likely N-dealkylation sites (tertiary alicyclic amines) is 1. The fourth-order valence-corrected chi connectivity index (χ4v) is 8.62. The standard InChI is InChI=1S/C34H39F3N2O4/c1-2-3-16-39(28(41)12-9-21-5-4-6-24(18-21)34(35,36)37)25-13-14-33(42)27-19-23-10-11-26(40)30-29(23)32(33,31(25)43-30)15-17-38(27)20-22-7-8-22/h4-6,9-12,18,22,25,27,31,40,42H,2-3,7-8,13-17,19-20H2,1H3/b12-9+/t25?,27-,31?,32+,33?/m1/s1. The van der Waals surface area contributed by atoms with Crippen LogP contribution in [-0.4, -0.2) is 69.3 Å². The Morgan fingerprint density at radius 2 is 2.00 bits per heavy atom. The molecule has 9 heteroatoms. The van der Waals surface area contributed by atoms with Crippen molar-refractivity contribution in [3.63, 3.8) is 0 Å². The Bertz CT molecular complexity index is 1460. The predicted octanol–water partition coefficient (Wildman–Crippen LogP) is 5.69. The van der Waals surface area contributed by atoms with Gasteiger partial charge in [0.15, 0.2) is 11.5 Å². The van der Waals surface area contributed by atoms with Gasteiger partial charge >= 0.3 is 6.18 Å². The fraction of sp³-hybridized carbons (Fsp3) is 0.559. The maximum absolute atomic E-state index is 13.9. The Balaban J connectivity index is 1.24. The first-order chi connectivity index (χ1) is 20.6. The summed E-state index contributed by atoms with van der Waals surface area (Å²) in [5.74, 6) is 0.884. The lowest BCUT2D eigenvalue weighted by atomic mass is 9.48. The number of amides is 1. The average molecular weight is 597 g/mol. The number of unbranched alkanes of at least 4 members (excludes halogenated alkanes) is 1. The molecular weight excluding hydrogens is 557 g/mol. The maximum Gasteiger partial charge on any atom is 0.416 e. The number of halogens is 3. The van der Waals surface area contributed by atoms with Crippen molar-refractivity contribution in [1.82, 2.24) is 9.80 Å². The first kappa shape index (κ1) is 28.7. The number of aromatic hydroxyl groups is 1. The number of piperidine rings is 1. The molecule has 2 bridgehead atoms. The Morgan fingerprint density at radius 3 is 2.74 bits per heavy atom. The quantitative estimate of drug-likeness (QED) is 0.384. The lowest BCUT2D eigenvalue weighted by molar-refractivity contribution is -0.201. The van der Waals surface area contributed by atoms with E-state index in [1.165, 1.54) is 31.1 Å². The van der Waals surface area contributed by atoms with Crippen LogP contribution >= 0.6 is 0 Å². The van der Waals surface area contributed by atoms with E-state index in [1.54, 1.807) is 17.0 Å². The molecule has 6 nitrogen and oxygen atoms in total. The monoisotopic (exact) mass is 596 g/mol. The van der Waals surface area contributed by atoms with Gasteiger partial charge in [-0.1, -0.05) is 31.5 Å². The van der Waals surface area contributed by atoms with Gasteiger partial charge in [-0.05, 0) is 92.8 Å². The third-order valence-electron chi connectivity index (χ3n) is 10.8. The highest BCUT2D eigenvalue weighted by atomic mass is 19.4. The van der Waals surface area contributed by atoms with Gasteiger partial charge in [-0.15, -0.1) is 0 Å². The molecule has 2 aromatic carbocycles. The Labute approximate surface area is 250 Å². The SMILES string of the molecule is CCCCN(C(=O)/C=C/c1cccc(C(F)(F)F)c1)C1CCC2(O)[C@H]3Cc4ccc(O)c5c4[C@@]2(CCN3CC2CC2)C1O5. The number of ether oxygens (including phenoxy) is 1. The molecule has 2 saturated carbocycles. The molecule has 3 unspecified atom stereocenters. The third kappa shape index (κ3) is 4.48. The Kier molecular flexibility index (Phi) is 6.85. The van der Waals surface area contributed by atoms with Crippen LogP contribution in [0.2, 0.25) is 0 Å². The van der Waals surface area contributed by atoms with E-state index in [-0.39, 0.29) is 23.7 Å². The van der Waals surface area contributed by atoms with E-state index in [0.29, 0.717) is 49.5 Å². The highest BCUT2D eigenvalue weighted by Gasteiger charge is 2.73. The van der Waals surface area contributed by atoms with E-state index in [4.69, 9.17) is 4.74 Å². The van der Waals surface area contributed by atoms with Gasteiger partial charge in [-0.2, -0.15) is 13.2 Å². The highest BCUT2D eigenvalue weighted by molar-refractivity contribution is 5.92. The second-order valence-electron chi connectivity index (χ2n) is 13.2. The van der Waals surface area contributed by atoms with E-state index < -0.39 is 28.9 Å². The summed E-state index contributed by atoms with van der Waals surface area (Å²) in [6.45, 7) is 4.32. The van der Waals surface area contributed by atoms with E-state index in [2.05, 4.69) is 4.90 Å². The zero-order chi connectivity index (χ0) is 30.1. The summed E-state index contributed by atoms with van der Waals surface area (Å²) in [5, 5.41) is 23.7. The van der Waals surface area contributed by atoms with Gasteiger partial charge in [-0.3, -0.25) is 9.69 Å². The lowest BCUT2D eigenvalue weighted by Crippen LogP contribution is -2.78. The molecular formula is C34H39F3N2O4. The Hall–Kier alpha value is -3.04. The van der Waals surface area contributed by atoms with E-state index >= 15 is 0 Å². The molecule has 7 rings (SSSR count). The van der Waals surface area contributed by atoms with Gasteiger partial charge in [0.2, 0.25) is 5.91 Å². The molecule has 2 aliphatic heterocycles. The van der Waals surface area contributed by atoms with Gasteiger partial charge in [0.05, 0.1) is 22.6 Å². The van der Waals surface area contributed by atoms with Crippen molar-refractivity contribution < 1.29 is 32.9 Å². The van der Waals surface area contributed by atoms with Crippen molar-refractivity contribution in [2.45, 2.75) is 93.7 Å². The van der Waals surface area contributed by atoms with Gasteiger partial charge < -0.3 is 19.8 Å². The van der Waals surface area contributed by atoms with Crippen LogP contribution < -0.4 is 4.74 Å². The summed E-state index contributed by atoms with van der Waals surface area (Å²) >= 11 is 0. The molecule has 3 fully saturated rings. The van der Waals surface area contributed by atoms with Crippen molar-refractivity contribution in [1.29, 1.82) is 0 Å². The molecule has 1 spiro atoms. The first-order valence-electron chi connectivity index (χ1n) is 15.7. The lowest BCUT2D eigenvalue weighted by Gasteiger charge is -2.65. The smallest absolute Gasteiger partial charge is 0.416 e. The number of phenols is 1. The van der Waals surface area contributed by atoms with Gasteiger partial charge in [0, 0.05) is 30.8 Å². The number of rotatable bonds is 8. The van der Waals surface area contributed by atoms with Crippen LogP contribution in [0.4, 0.5) is 13.2 Å². The van der Waals surface area contributed by atoms with Gasteiger partial charge in [0.25, 0.3) is 0 Å². The van der Waals surface area contributed by atoms with Crippen molar-refractivity contribution in [2.24, 2.45) is 5.92 Å². The molecule has 230 valence electrons. The van der Waals surface area contributed by atoms with Crippen LogP contribution in [0.25, 0.3) is 6.08 Å². The number of alkyl halides is 3. The molecule has 43 heavy (non-hydrogen) atoms. The minimum absolute atomic E-state index is 0.0540. The summed E-state index contributed by atoms with van der Waals surface area (Å²) in [7, 11) is 0. The van der Waals surface area contributed by atoms with Gasteiger partial charge in [-0.25, -0.2) is 0 Å². The maximum atomic E-state index is 13.9. The van der Waals surface area contributed by atoms with Crippen LogP contribution in [0.3, 0.4) is 0 Å². The topological polar surface area (TPSA) is 73.2 Å². The number of nitrogens with zero attached hydrogens (tertiary/aromatic N) is 2. The van der Waals surface area contributed by atoms with E-state index in [9.17, 15) is 28.2 Å². The fourth-order valence-electron chi connectivity index (χ4n) is 8.62. The molecule has 1 saturated heterocycles. The number of carbonyl (C=O) groups excluding carboxylic acids is 1. The van der Waals surface area contributed by atoms with Crippen LogP contribution in [-0.2, 0) is 22.8 Å². The van der Waals surface area contributed by atoms with Gasteiger partial charge in [0.1, 0.15) is 6.10 Å². The second kappa shape index (κ2) is 10.3.